The van der Waals surface area contributed by atoms with E-state index in [1.165, 1.54) is 0 Å². The van der Waals surface area contributed by atoms with Gasteiger partial charge in [0.15, 0.2) is 5.91 Å². The number of aliphatic hydroxyl groups excluding tert-OH is 1. The molecule has 0 unspecified atom stereocenters. The number of unbranched alkanes of at least 4 members (excludes halogenated alkanes) is 2. The predicted octanol–water partition coefficient (Wildman–Crippen LogP) is -0.377. The minimum absolute atomic E-state index is 0.0370. The molecule has 15 heavy (non-hydrogen) atoms. The van der Waals surface area contributed by atoms with Gasteiger partial charge in [0.25, 0.3) is 0 Å². The van der Waals surface area contributed by atoms with Crippen molar-refractivity contribution >= 4 is 24.6 Å². The third-order valence-corrected chi connectivity index (χ3v) is 2.08. The highest BCUT2D eigenvalue weighted by Crippen LogP contribution is 2.02. The van der Waals surface area contributed by atoms with Crippen LogP contribution < -0.4 is 10.0 Å². The van der Waals surface area contributed by atoms with Crippen LogP contribution in [-0.4, -0.2) is 30.1 Å². The second-order valence-corrected chi connectivity index (χ2v) is 3.36. The molecular weight excluding hydrogens is 216 g/mol. The van der Waals surface area contributed by atoms with Gasteiger partial charge >= 0.3 is 0 Å². The Hall–Kier alpha value is -0.750. The average Bonchev–Trinajstić information content (AvgIpc) is 2.25. The van der Waals surface area contributed by atoms with Crippen LogP contribution in [0.15, 0.2) is 0 Å². The van der Waals surface area contributed by atoms with E-state index < -0.39 is 0 Å². The summed E-state index contributed by atoms with van der Waals surface area (Å²) >= 11 is 4.35. The molecular formula is C9H17N2O3S-. The standard InChI is InChI=1S/C9H17N2O3S/c12-7-6-10-8(13)4-2-1-3-5-9(14)11-15/h12H,1-7H2,(H2-,10,11,13,14,15)/q-1. The Morgan fingerprint density at radius 1 is 1.07 bits per heavy atom. The highest BCUT2D eigenvalue weighted by atomic mass is 32.1. The second kappa shape index (κ2) is 9.79. The molecule has 0 radical (unpaired) electrons. The van der Waals surface area contributed by atoms with Crippen molar-refractivity contribution in [1.82, 2.24) is 10.0 Å². The predicted molar refractivity (Wildman–Crippen MR) is 58.7 cm³/mol. The van der Waals surface area contributed by atoms with Gasteiger partial charge in [-0.25, -0.2) is 0 Å². The molecule has 0 aromatic heterocycles. The summed E-state index contributed by atoms with van der Waals surface area (Å²) in [4.78, 5) is 21.8. The summed E-state index contributed by atoms with van der Waals surface area (Å²) < 4.78 is 2.13. The summed E-state index contributed by atoms with van der Waals surface area (Å²) in [5.41, 5.74) is 0. The fraction of sp³-hybridized carbons (Fsp3) is 0.778. The van der Waals surface area contributed by atoms with Crippen molar-refractivity contribution in [3.8, 4) is 0 Å². The van der Waals surface area contributed by atoms with E-state index in [1.807, 2.05) is 0 Å². The van der Waals surface area contributed by atoms with Crippen molar-refractivity contribution in [2.45, 2.75) is 32.1 Å². The van der Waals surface area contributed by atoms with Gasteiger partial charge in [-0.05, 0) is 12.8 Å². The highest BCUT2D eigenvalue weighted by molar-refractivity contribution is 7.57. The van der Waals surface area contributed by atoms with Crippen molar-refractivity contribution < 1.29 is 14.7 Å². The summed E-state index contributed by atoms with van der Waals surface area (Å²) in [7, 11) is 0. The topological polar surface area (TPSA) is 78.4 Å². The number of hydrogen-bond acceptors (Lipinski definition) is 4. The first kappa shape index (κ1) is 14.2. The number of rotatable bonds is 8. The second-order valence-electron chi connectivity index (χ2n) is 3.16. The number of amides is 2. The van der Waals surface area contributed by atoms with E-state index in [0.29, 0.717) is 19.4 Å². The van der Waals surface area contributed by atoms with Crippen LogP contribution in [0.3, 0.4) is 0 Å². The molecule has 5 nitrogen and oxygen atoms in total. The van der Waals surface area contributed by atoms with Crippen molar-refractivity contribution in [2.75, 3.05) is 13.2 Å². The minimum atomic E-state index is -0.144. The van der Waals surface area contributed by atoms with Gasteiger partial charge in [-0.2, -0.15) is 0 Å². The summed E-state index contributed by atoms with van der Waals surface area (Å²) in [6.45, 7) is 0.266. The van der Waals surface area contributed by atoms with Crippen LogP contribution in [0, 0.1) is 0 Å². The third kappa shape index (κ3) is 9.55. The van der Waals surface area contributed by atoms with Gasteiger partial charge in [0.05, 0.1) is 6.61 Å². The van der Waals surface area contributed by atoms with Gasteiger partial charge in [-0.15, -0.1) is 0 Å². The van der Waals surface area contributed by atoms with Crippen LogP contribution >= 0.6 is 0 Å². The zero-order chi connectivity index (χ0) is 11.5. The van der Waals surface area contributed by atoms with Crippen LogP contribution in [0.5, 0.6) is 0 Å². The molecule has 88 valence electrons. The average molecular weight is 233 g/mol. The lowest BCUT2D eigenvalue weighted by Gasteiger charge is -2.07. The molecule has 0 atom stereocenters. The lowest BCUT2D eigenvalue weighted by atomic mass is 10.1. The Labute approximate surface area is 95.2 Å². The molecule has 0 saturated carbocycles. The normalized spacial score (nSPS) is 9.73. The number of aliphatic hydroxyl groups is 1. The number of carbonyl (C=O) groups excluding carboxylic acids is 2. The first-order chi connectivity index (χ1) is 7.20. The maximum Gasteiger partial charge on any atom is 0.220 e. The Bertz CT molecular complexity index is 200. The molecule has 0 heterocycles. The molecule has 0 spiro atoms. The molecule has 0 fully saturated rings. The highest BCUT2D eigenvalue weighted by Gasteiger charge is 2.00. The first-order valence-corrected chi connectivity index (χ1v) is 5.40. The molecule has 0 aromatic rings. The zero-order valence-corrected chi connectivity index (χ0v) is 9.44. The number of hydrogen-bond donors (Lipinski definition) is 3. The van der Waals surface area contributed by atoms with E-state index in [2.05, 4.69) is 22.9 Å². The van der Waals surface area contributed by atoms with Crippen molar-refractivity contribution in [3.05, 3.63) is 0 Å². The van der Waals surface area contributed by atoms with E-state index in [9.17, 15) is 9.59 Å². The largest absolute Gasteiger partial charge is 0.668 e. The summed E-state index contributed by atoms with van der Waals surface area (Å²) in [5, 5.41) is 11.0. The van der Waals surface area contributed by atoms with Crippen LogP contribution in [0.4, 0.5) is 0 Å². The molecule has 3 N–H and O–H groups in total. The number of carbonyl (C=O) groups is 2. The van der Waals surface area contributed by atoms with Crippen LogP contribution in [-0.2, 0) is 22.4 Å². The first-order valence-electron chi connectivity index (χ1n) is 4.99. The molecule has 0 aliphatic rings. The Morgan fingerprint density at radius 3 is 2.20 bits per heavy atom. The summed E-state index contributed by atoms with van der Waals surface area (Å²) in [6, 6.07) is 0. The van der Waals surface area contributed by atoms with E-state index in [-0.39, 0.29) is 18.4 Å². The fourth-order valence-electron chi connectivity index (χ4n) is 1.08. The quantitative estimate of drug-likeness (QED) is 0.394. The Kier molecular flexibility index (Phi) is 9.30. The SMILES string of the molecule is O=C(CCCCCC(=O)NCCO)N[S-]. The third-order valence-electron chi connectivity index (χ3n) is 1.86. The molecule has 6 heteroatoms. The maximum absolute atomic E-state index is 11.0. The van der Waals surface area contributed by atoms with E-state index in [1.54, 1.807) is 0 Å². The van der Waals surface area contributed by atoms with Crippen LogP contribution in [0.25, 0.3) is 0 Å². The number of nitrogens with one attached hydrogen (secondary N) is 2. The van der Waals surface area contributed by atoms with Gasteiger partial charge in [0.2, 0.25) is 5.91 Å². The maximum atomic E-state index is 11.0. The van der Waals surface area contributed by atoms with Gasteiger partial charge in [-0.1, -0.05) is 6.42 Å². The van der Waals surface area contributed by atoms with Crippen molar-refractivity contribution in [1.29, 1.82) is 0 Å². The van der Waals surface area contributed by atoms with E-state index in [0.717, 1.165) is 19.3 Å². The summed E-state index contributed by atoms with van der Waals surface area (Å²) in [5.74, 6) is -0.202. The van der Waals surface area contributed by atoms with Crippen molar-refractivity contribution in [3.63, 3.8) is 0 Å². The molecule has 2 amide bonds. The molecule has 0 rings (SSSR count). The molecule has 0 saturated heterocycles. The minimum Gasteiger partial charge on any atom is -0.668 e. The lowest BCUT2D eigenvalue weighted by Crippen LogP contribution is -2.25. The summed E-state index contributed by atoms with van der Waals surface area (Å²) in [6.07, 6.45) is 3.18. The lowest BCUT2D eigenvalue weighted by molar-refractivity contribution is -0.121. The monoisotopic (exact) mass is 233 g/mol. The Morgan fingerprint density at radius 2 is 1.67 bits per heavy atom. The van der Waals surface area contributed by atoms with E-state index in [4.69, 9.17) is 5.11 Å². The van der Waals surface area contributed by atoms with Gasteiger partial charge in [-0.3, -0.25) is 9.59 Å². The smallest absolute Gasteiger partial charge is 0.220 e. The molecule has 0 aliphatic carbocycles. The fourth-order valence-corrected chi connectivity index (χ4v) is 1.18. The molecule has 0 aromatic carbocycles. The van der Waals surface area contributed by atoms with Crippen LogP contribution in [0.2, 0.25) is 0 Å². The van der Waals surface area contributed by atoms with E-state index >= 15 is 0 Å². The van der Waals surface area contributed by atoms with Gasteiger partial charge in [0.1, 0.15) is 0 Å². The zero-order valence-electron chi connectivity index (χ0n) is 8.62. The Balaban J connectivity index is 3.23. The van der Waals surface area contributed by atoms with Crippen LogP contribution in [0.1, 0.15) is 32.1 Å². The van der Waals surface area contributed by atoms with Crippen molar-refractivity contribution in [2.24, 2.45) is 0 Å². The molecule has 0 aliphatic heterocycles. The van der Waals surface area contributed by atoms with Gasteiger partial charge < -0.3 is 28.0 Å². The van der Waals surface area contributed by atoms with Gasteiger partial charge in [0, 0.05) is 19.4 Å². The molecule has 0 bridgehead atoms.